The van der Waals surface area contributed by atoms with E-state index in [4.69, 9.17) is 25.8 Å². The zero-order valence-corrected chi connectivity index (χ0v) is 17.3. The third-order valence-corrected chi connectivity index (χ3v) is 4.12. The van der Waals surface area contributed by atoms with Gasteiger partial charge in [0.05, 0.1) is 19.3 Å². The fourth-order valence-electron chi connectivity index (χ4n) is 2.48. The molecule has 0 aliphatic carbocycles. The van der Waals surface area contributed by atoms with Crippen molar-refractivity contribution in [2.45, 2.75) is 33.1 Å². The average molecular weight is 411 g/mol. The maximum Gasteiger partial charge on any atom is 0.275 e. The molecule has 0 saturated heterocycles. The first-order valence-electron chi connectivity index (χ1n) is 9.30. The summed E-state index contributed by atoms with van der Waals surface area (Å²) in [6.07, 6.45) is 1.88. The van der Waals surface area contributed by atoms with Crippen LogP contribution in [-0.2, 0) is 16.0 Å². The predicted molar refractivity (Wildman–Crippen MR) is 106 cm³/mol. The first-order chi connectivity index (χ1) is 13.5. The largest absolute Gasteiger partial charge is 0.494 e. The highest BCUT2D eigenvalue weighted by molar-refractivity contribution is 6.30. The Bertz CT molecular complexity index is 717. The van der Waals surface area contributed by atoms with Gasteiger partial charge in [-0.3, -0.25) is 4.79 Å². The van der Waals surface area contributed by atoms with Gasteiger partial charge in [-0.25, -0.2) is 4.68 Å². The van der Waals surface area contributed by atoms with Gasteiger partial charge >= 0.3 is 0 Å². The zero-order valence-electron chi connectivity index (χ0n) is 16.5. The Balaban J connectivity index is 1.77. The summed E-state index contributed by atoms with van der Waals surface area (Å²) in [6.45, 7) is 6.27. The third kappa shape index (κ3) is 7.10. The van der Waals surface area contributed by atoms with Crippen molar-refractivity contribution in [2.24, 2.45) is 0 Å². The molecule has 0 atom stereocenters. The fourth-order valence-corrected chi connectivity index (χ4v) is 2.61. The van der Waals surface area contributed by atoms with Gasteiger partial charge < -0.3 is 19.1 Å². The Kier molecular flexibility index (Phi) is 9.19. The van der Waals surface area contributed by atoms with E-state index < -0.39 is 6.29 Å². The average Bonchev–Trinajstić information content (AvgIpc) is 3.14. The summed E-state index contributed by atoms with van der Waals surface area (Å²) in [5.41, 5.74) is 0.285. The minimum absolute atomic E-state index is 0.192. The molecule has 0 radical (unpaired) electrons. The molecule has 0 aliphatic rings. The van der Waals surface area contributed by atoms with Gasteiger partial charge in [-0.05, 0) is 44.5 Å². The van der Waals surface area contributed by atoms with Gasteiger partial charge in [0, 0.05) is 31.8 Å². The normalized spacial score (nSPS) is 11.0. The van der Waals surface area contributed by atoms with Crippen molar-refractivity contribution in [1.29, 1.82) is 0 Å². The Morgan fingerprint density at radius 1 is 1.21 bits per heavy atom. The first-order valence-corrected chi connectivity index (χ1v) is 9.68. The molecule has 154 valence electrons. The monoisotopic (exact) mass is 410 g/mol. The maximum atomic E-state index is 12.5. The summed E-state index contributed by atoms with van der Waals surface area (Å²) >= 11 is 5.84. The number of hydrogen-bond donors (Lipinski definition) is 0. The van der Waals surface area contributed by atoms with Crippen molar-refractivity contribution in [1.82, 2.24) is 19.9 Å². The van der Waals surface area contributed by atoms with Crippen LogP contribution < -0.4 is 4.74 Å². The van der Waals surface area contributed by atoms with Gasteiger partial charge in [-0.1, -0.05) is 16.8 Å². The third-order valence-electron chi connectivity index (χ3n) is 3.87. The van der Waals surface area contributed by atoms with Gasteiger partial charge in [0.15, 0.2) is 12.0 Å². The van der Waals surface area contributed by atoms with Crippen LogP contribution in [0.1, 0.15) is 30.8 Å². The van der Waals surface area contributed by atoms with E-state index in [0.717, 1.165) is 5.75 Å². The van der Waals surface area contributed by atoms with Crippen molar-refractivity contribution in [3.05, 3.63) is 41.2 Å². The molecule has 0 saturated carbocycles. The van der Waals surface area contributed by atoms with Crippen LogP contribution in [-0.4, -0.2) is 65.5 Å². The Morgan fingerprint density at radius 2 is 1.89 bits per heavy atom. The van der Waals surface area contributed by atoms with Gasteiger partial charge in [0.2, 0.25) is 0 Å². The number of carbonyl (C=O) groups excluding carboxylic acids is 1. The smallest absolute Gasteiger partial charge is 0.275 e. The SMILES string of the molecule is CCOC(Cn1cc(C(=O)N(C)CCCOc2ccc(Cl)cc2)nn1)OCC. The molecular formula is C19H27ClN4O4. The van der Waals surface area contributed by atoms with Gasteiger partial charge in [-0.15, -0.1) is 5.10 Å². The molecule has 0 unspecified atom stereocenters. The Morgan fingerprint density at radius 3 is 2.54 bits per heavy atom. The molecule has 0 fully saturated rings. The second kappa shape index (κ2) is 11.6. The maximum absolute atomic E-state index is 12.5. The molecule has 0 N–H and O–H groups in total. The molecule has 0 spiro atoms. The van der Waals surface area contributed by atoms with Crippen LogP contribution in [0.5, 0.6) is 5.75 Å². The fraction of sp³-hybridized carbons (Fsp3) is 0.526. The number of nitrogens with zero attached hydrogens (tertiary/aromatic N) is 4. The molecule has 1 amide bonds. The molecule has 0 aliphatic heterocycles. The van der Waals surface area contributed by atoms with E-state index >= 15 is 0 Å². The number of aromatic nitrogens is 3. The van der Waals surface area contributed by atoms with Gasteiger partial charge in [-0.2, -0.15) is 0 Å². The van der Waals surface area contributed by atoms with E-state index in [-0.39, 0.29) is 11.6 Å². The van der Waals surface area contributed by atoms with E-state index in [0.29, 0.717) is 44.4 Å². The number of rotatable bonds is 12. The number of ether oxygens (including phenoxy) is 3. The van der Waals surface area contributed by atoms with Gasteiger partial charge in [0.25, 0.3) is 5.91 Å². The molecular weight excluding hydrogens is 384 g/mol. The molecule has 1 aromatic carbocycles. The minimum Gasteiger partial charge on any atom is -0.494 e. The second-order valence-electron chi connectivity index (χ2n) is 6.05. The first kappa shape index (κ1) is 22.1. The van der Waals surface area contributed by atoms with E-state index in [1.807, 2.05) is 26.0 Å². The van der Waals surface area contributed by atoms with Crippen molar-refractivity contribution in [3.8, 4) is 5.75 Å². The lowest BCUT2D eigenvalue weighted by molar-refractivity contribution is -0.145. The molecule has 9 heteroatoms. The summed E-state index contributed by atoms with van der Waals surface area (Å²) in [5, 5.41) is 8.62. The van der Waals surface area contributed by atoms with E-state index in [2.05, 4.69) is 10.3 Å². The highest BCUT2D eigenvalue weighted by Gasteiger charge is 2.17. The Hall–Kier alpha value is -2.16. The second-order valence-corrected chi connectivity index (χ2v) is 6.49. The van der Waals surface area contributed by atoms with E-state index in [9.17, 15) is 4.79 Å². The molecule has 0 bridgehead atoms. The van der Waals surface area contributed by atoms with Gasteiger partial charge in [0.1, 0.15) is 5.75 Å². The number of hydrogen-bond acceptors (Lipinski definition) is 6. The predicted octanol–water partition coefficient (Wildman–Crippen LogP) is 2.87. The highest BCUT2D eigenvalue weighted by Crippen LogP contribution is 2.15. The summed E-state index contributed by atoms with van der Waals surface area (Å²) in [5.74, 6) is 0.557. The van der Waals surface area contributed by atoms with Crippen molar-refractivity contribution >= 4 is 17.5 Å². The molecule has 2 rings (SSSR count). The zero-order chi connectivity index (χ0) is 20.4. The highest BCUT2D eigenvalue weighted by atomic mass is 35.5. The lowest BCUT2D eigenvalue weighted by Gasteiger charge is -2.16. The van der Waals surface area contributed by atoms with Crippen molar-refractivity contribution in [2.75, 3.05) is 33.4 Å². The summed E-state index contributed by atoms with van der Waals surface area (Å²) in [6, 6.07) is 7.18. The topological polar surface area (TPSA) is 78.7 Å². The van der Waals surface area contributed by atoms with Crippen LogP contribution in [0.4, 0.5) is 0 Å². The quantitative estimate of drug-likeness (QED) is 0.395. The standard InChI is InChI=1S/C19H27ClN4O4/c1-4-26-18(27-5-2)14-24-13-17(21-22-24)19(25)23(3)11-6-12-28-16-9-7-15(20)8-10-16/h7-10,13,18H,4-6,11-12,14H2,1-3H3. The van der Waals surface area contributed by atoms with Crippen molar-refractivity contribution < 1.29 is 19.0 Å². The summed E-state index contributed by atoms with van der Waals surface area (Å²) < 4.78 is 18.2. The van der Waals surface area contributed by atoms with Crippen molar-refractivity contribution in [3.63, 3.8) is 0 Å². The van der Waals surface area contributed by atoms with E-state index in [1.54, 1.807) is 35.0 Å². The lowest BCUT2D eigenvalue weighted by Crippen LogP contribution is -2.29. The summed E-state index contributed by atoms with van der Waals surface area (Å²) in [7, 11) is 1.73. The molecule has 2 aromatic rings. The number of halogens is 1. The van der Waals surface area contributed by atoms with Crippen LogP contribution in [0.25, 0.3) is 0 Å². The number of benzene rings is 1. The van der Waals surface area contributed by atoms with E-state index in [1.165, 1.54) is 0 Å². The number of amides is 1. The van der Waals surface area contributed by atoms with Crippen LogP contribution in [0.15, 0.2) is 30.5 Å². The summed E-state index contributed by atoms with van der Waals surface area (Å²) in [4.78, 5) is 14.1. The van der Waals surface area contributed by atoms with Crippen LogP contribution in [0.3, 0.4) is 0 Å². The van der Waals surface area contributed by atoms with Crippen LogP contribution >= 0.6 is 11.6 Å². The Labute approximate surface area is 170 Å². The molecule has 8 nitrogen and oxygen atoms in total. The molecule has 28 heavy (non-hydrogen) atoms. The molecule has 1 heterocycles. The number of carbonyl (C=O) groups is 1. The van der Waals surface area contributed by atoms with Crippen LogP contribution in [0.2, 0.25) is 5.02 Å². The lowest BCUT2D eigenvalue weighted by atomic mass is 10.3. The minimum atomic E-state index is -0.414. The molecule has 1 aromatic heterocycles. The van der Waals surface area contributed by atoms with Crippen LogP contribution in [0, 0.1) is 0 Å².